The summed E-state index contributed by atoms with van der Waals surface area (Å²) in [5, 5.41) is 7.32. The van der Waals surface area contributed by atoms with Crippen molar-refractivity contribution in [2.45, 2.75) is 44.9 Å². The van der Waals surface area contributed by atoms with Crippen LogP contribution in [0.1, 0.15) is 43.7 Å². The summed E-state index contributed by atoms with van der Waals surface area (Å²) in [6, 6.07) is 3.44. The molecule has 1 aromatic rings. The number of alkyl halides is 3. The van der Waals surface area contributed by atoms with E-state index in [1.165, 1.54) is 12.1 Å². The Morgan fingerprint density at radius 1 is 1.24 bits per heavy atom. The number of hydrogen-bond donors (Lipinski definition) is 2. The van der Waals surface area contributed by atoms with Crippen LogP contribution >= 0.6 is 0 Å². The fourth-order valence-corrected chi connectivity index (χ4v) is 2.61. The number of amidine groups is 1. The zero-order chi connectivity index (χ0) is 15.6. The van der Waals surface area contributed by atoms with Crippen LogP contribution < -0.4 is 10.5 Å². The van der Waals surface area contributed by atoms with Crippen molar-refractivity contribution >= 4 is 5.84 Å². The van der Waals surface area contributed by atoms with E-state index in [0.29, 0.717) is 11.7 Å². The summed E-state index contributed by atoms with van der Waals surface area (Å²) >= 11 is 0. The number of halogens is 3. The molecule has 0 saturated heterocycles. The van der Waals surface area contributed by atoms with Gasteiger partial charge in [-0.2, -0.15) is 13.2 Å². The van der Waals surface area contributed by atoms with Gasteiger partial charge >= 0.3 is 6.18 Å². The molecule has 2 rings (SSSR count). The topological polar surface area (TPSA) is 59.1 Å². The first-order valence-corrected chi connectivity index (χ1v) is 6.99. The van der Waals surface area contributed by atoms with Gasteiger partial charge in [0.1, 0.15) is 11.6 Å². The molecule has 0 bridgehead atoms. The van der Waals surface area contributed by atoms with E-state index in [1.54, 1.807) is 0 Å². The number of rotatable bonds is 3. The maximum atomic E-state index is 12.8. The van der Waals surface area contributed by atoms with Crippen molar-refractivity contribution in [3.05, 3.63) is 29.3 Å². The lowest BCUT2D eigenvalue weighted by molar-refractivity contribution is -0.137. The standard InChI is InChI=1S/C15H19F3N2O/c1-9-2-4-10(5-3-9)21-11-6-7-13(15(16,17)18)12(8-11)14(19)20/h6-10H,2-5H2,1H3,(H3,19,20). The summed E-state index contributed by atoms with van der Waals surface area (Å²) in [6.45, 7) is 2.18. The van der Waals surface area contributed by atoms with Crippen LogP contribution in [-0.2, 0) is 6.18 Å². The average Bonchev–Trinajstić information content (AvgIpc) is 2.40. The quantitative estimate of drug-likeness (QED) is 0.656. The minimum Gasteiger partial charge on any atom is -0.490 e. The lowest BCUT2D eigenvalue weighted by Gasteiger charge is -2.27. The van der Waals surface area contributed by atoms with Crippen molar-refractivity contribution in [2.24, 2.45) is 11.7 Å². The van der Waals surface area contributed by atoms with Crippen LogP contribution in [0, 0.1) is 11.3 Å². The Morgan fingerprint density at radius 3 is 2.38 bits per heavy atom. The van der Waals surface area contributed by atoms with Crippen LogP contribution in [0.4, 0.5) is 13.2 Å². The summed E-state index contributed by atoms with van der Waals surface area (Å²) < 4.78 is 44.3. The summed E-state index contributed by atoms with van der Waals surface area (Å²) in [5.41, 5.74) is 4.03. The molecule has 3 nitrogen and oxygen atoms in total. The van der Waals surface area contributed by atoms with E-state index in [4.69, 9.17) is 15.9 Å². The molecule has 21 heavy (non-hydrogen) atoms. The SMILES string of the molecule is CC1CCC(Oc2ccc(C(F)(F)F)c(C(=N)N)c2)CC1. The van der Waals surface area contributed by atoms with Crippen molar-refractivity contribution in [3.8, 4) is 5.75 Å². The number of hydrogen-bond acceptors (Lipinski definition) is 2. The number of nitrogens with one attached hydrogen (secondary N) is 1. The van der Waals surface area contributed by atoms with Gasteiger partial charge in [-0.25, -0.2) is 0 Å². The highest BCUT2D eigenvalue weighted by Gasteiger charge is 2.34. The largest absolute Gasteiger partial charge is 0.490 e. The number of nitrogen functional groups attached to an aromatic ring is 1. The Kier molecular flexibility index (Phi) is 4.44. The van der Waals surface area contributed by atoms with Gasteiger partial charge in [0.05, 0.1) is 11.7 Å². The molecule has 0 amide bonds. The van der Waals surface area contributed by atoms with E-state index in [9.17, 15) is 13.2 Å². The van der Waals surface area contributed by atoms with Crippen LogP contribution in [0.3, 0.4) is 0 Å². The van der Waals surface area contributed by atoms with E-state index in [-0.39, 0.29) is 11.7 Å². The van der Waals surface area contributed by atoms with Crippen molar-refractivity contribution < 1.29 is 17.9 Å². The van der Waals surface area contributed by atoms with Gasteiger partial charge in [0.2, 0.25) is 0 Å². The van der Waals surface area contributed by atoms with Crippen LogP contribution in [0.15, 0.2) is 18.2 Å². The molecule has 0 spiro atoms. The number of ether oxygens (including phenoxy) is 1. The third-order valence-corrected chi connectivity index (χ3v) is 3.85. The molecule has 0 heterocycles. The van der Waals surface area contributed by atoms with E-state index in [1.807, 2.05) is 0 Å². The molecular weight excluding hydrogens is 281 g/mol. The maximum Gasteiger partial charge on any atom is 0.417 e. The normalized spacial score (nSPS) is 22.9. The molecule has 0 unspecified atom stereocenters. The van der Waals surface area contributed by atoms with Gasteiger partial charge in [-0.15, -0.1) is 0 Å². The first-order valence-electron chi connectivity index (χ1n) is 6.99. The molecule has 0 aliphatic heterocycles. The maximum absolute atomic E-state index is 12.8. The zero-order valence-corrected chi connectivity index (χ0v) is 11.8. The van der Waals surface area contributed by atoms with Crippen LogP contribution in [0.25, 0.3) is 0 Å². The molecule has 6 heteroatoms. The molecule has 1 aliphatic carbocycles. The van der Waals surface area contributed by atoms with Gasteiger partial charge in [0.15, 0.2) is 0 Å². The third-order valence-electron chi connectivity index (χ3n) is 3.85. The second kappa shape index (κ2) is 5.95. The lowest BCUT2D eigenvalue weighted by atomic mass is 9.89. The first kappa shape index (κ1) is 15.7. The van der Waals surface area contributed by atoms with E-state index in [2.05, 4.69) is 6.92 Å². The third kappa shape index (κ3) is 3.89. The zero-order valence-electron chi connectivity index (χ0n) is 11.8. The molecule has 1 aromatic carbocycles. The predicted molar refractivity (Wildman–Crippen MR) is 74.5 cm³/mol. The van der Waals surface area contributed by atoms with Crippen LogP contribution in [0.5, 0.6) is 5.75 Å². The summed E-state index contributed by atoms with van der Waals surface area (Å²) in [4.78, 5) is 0. The van der Waals surface area contributed by atoms with Crippen LogP contribution in [0.2, 0.25) is 0 Å². The molecule has 116 valence electrons. The van der Waals surface area contributed by atoms with Crippen LogP contribution in [-0.4, -0.2) is 11.9 Å². The fraction of sp³-hybridized carbons (Fsp3) is 0.533. The second-order valence-electron chi connectivity index (χ2n) is 5.62. The van der Waals surface area contributed by atoms with E-state index < -0.39 is 17.6 Å². The predicted octanol–water partition coefficient (Wildman–Crippen LogP) is 3.95. The van der Waals surface area contributed by atoms with Crippen molar-refractivity contribution in [1.82, 2.24) is 0 Å². The first-order chi connectivity index (χ1) is 9.77. The number of benzene rings is 1. The van der Waals surface area contributed by atoms with Gasteiger partial charge in [-0.1, -0.05) is 6.92 Å². The van der Waals surface area contributed by atoms with Crippen molar-refractivity contribution in [3.63, 3.8) is 0 Å². The van der Waals surface area contributed by atoms with Crippen molar-refractivity contribution in [1.29, 1.82) is 5.41 Å². The van der Waals surface area contributed by atoms with Gasteiger partial charge in [-0.05, 0) is 49.8 Å². The van der Waals surface area contributed by atoms with Crippen molar-refractivity contribution in [2.75, 3.05) is 0 Å². The Labute approximate surface area is 121 Å². The Morgan fingerprint density at radius 2 is 1.86 bits per heavy atom. The lowest BCUT2D eigenvalue weighted by Crippen LogP contribution is -2.24. The highest BCUT2D eigenvalue weighted by Crippen LogP contribution is 2.34. The minimum atomic E-state index is -4.53. The molecular formula is C15H19F3N2O. The highest BCUT2D eigenvalue weighted by molar-refractivity contribution is 5.97. The molecule has 1 saturated carbocycles. The molecule has 0 radical (unpaired) electrons. The summed E-state index contributed by atoms with van der Waals surface area (Å²) in [5.74, 6) is 0.406. The van der Waals surface area contributed by atoms with E-state index in [0.717, 1.165) is 31.7 Å². The molecule has 1 fully saturated rings. The summed E-state index contributed by atoms with van der Waals surface area (Å²) in [6.07, 6.45) is -0.581. The Balaban J connectivity index is 2.18. The molecule has 3 N–H and O–H groups in total. The minimum absolute atomic E-state index is 0.0257. The molecule has 1 aliphatic rings. The highest BCUT2D eigenvalue weighted by atomic mass is 19.4. The van der Waals surface area contributed by atoms with Gasteiger partial charge in [-0.3, -0.25) is 5.41 Å². The Hall–Kier alpha value is -1.72. The number of nitrogens with two attached hydrogens (primary N) is 1. The van der Waals surface area contributed by atoms with Gasteiger partial charge in [0, 0.05) is 5.56 Å². The Bertz CT molecular complexity index is 520. The average molecular weight is 300 g/mol. The second-order valence-corrected chi connectivity index (χ2v) is 5.62. The van der Waals surface area contributed by atoms with Gasteiger partial charge in [0.25, 0.3) is 0 Å². The monoisotopic (exact) mass is 300 g/mol. The smallest absolute Gasteiger partial charge is 0.417 e. The van der Waals surface area contributed by atoms with E-state index >= 15 is 0 Å². The summed E-state index contributed by atoms with van der Waals surface area (Å²) in [7, 11) is 0. The molecule has 0 aromatic heterocycles. The fourth-order valence-electron chi connectivity index (χ4n) is 2.61. The van der Waals surface area contributed by atoms with Gasteiger partial charge < -0.3 is 10.5 Å². The molecule has 0 atom stereocenters.